The Morgan fingerprint density at radius 3 is 2.56 bits per heavy atom. The van der Waals surface area contributed by atoms with E-state index in [2.05, 4.69) is 34.7 Å². The molecule has 0 bridgehead atoms. The smallest absolute Gasteiger partial charge is 0.107 e. The van der Waals surface area contributed by atoms with Gasteiger partial charge in [-0.05, 0) is 67.2 Å². The van der Waals surface area contributed by atoms with Crippen molar-refractivity contribution in [3.63, 3.8) is 0 Å². The van der Waals surface area contributed by atoms with Crippen molar-refractivity contribution in [2.75, 3.05) is 13.1 Å². The van der Waals surface area contributed by atoms with Gasteiger partial charge in [0.05, 0.1) is 0 Å². The molecule has 1 fully saturated rings. The van der Waals surface area contributed by atoms with E-state index in [4.69, 9.17) is 0 Å². The highest BCUT2D eigenvalue weighted by atomic mass is 79.9. The van der Waals surface area contributed by atoms with Crippen molar-refractivity contribution in [1.82, 2.24) is 4.90 Å². The molecule has 2 heterocycles. The number of hydrogen-bond acceptors (Lipinski definition) is 3. The molecule has 0 amide bonds. The molecule has 1 N–H and O–H groups in total. The van der Waals surface area contributed by atoms with Crippen molar-refractivity contribution in [2.45, 2.75) is 38.3 Å². The first-order valence-corrected chi connectivity index (χ1v) is 7.37. The summed E-state index contributed by atoms with van der Waals surface area (Å²) >= 11 is 5.12. The van der Waals surface area contributed by atoms with Gasteiger partial charge in [-0.25, -0.2) is 0 Å². The van der Waals surface area contributed by atoms with Gasteiger partial charge < -0.3 is 5.11 Å². The second-order valence-corrected chi connectivity index (χ2v) is 6.69. The van der Waals surface area contributed by atoms with Crippen molar-refractivity contribution in [1.29, 1.82) is 0 Å². The van der Waals surface area contributed by atoms with Crippen LogP contribution in [0.5, 0.6) is 0 Å². The molecule has 1 aliphatic heterocycles. The van der Waals surface area contributed by atoms with Gasteiger partial charge in [0.1, 0.15) is 6.10 Å². The molecule has 0 aromatic carbocycles. The van der Waals surface area contributed by atoms with E-state index >= 15 is 0 Å². The molecule has 1 saturated heterocycles. The van der Waals surface area contributed by atoms with Crippen LogP contribution < -0.4 is 0 Å². The predicted molar refractivity (Wildman–Crippen MR) is 71.9 cm³/mol. The lowest BCUT2D eigenvalue weighted by Gasteiger charge is -2.39. The summed E-state index contributed by atoms with van der Waals surface area (Å²) < 4.78 is 1.03. The van der Waals surface area contributed by atoms with Crippen molar-refractivity contribution < 1.29 is 5.11 Å². The lowest BCUT2D eigenvalue weighted by molar-refractivity contribution is 0.00309. The van der Waals surface area contributed by atoms with Gasteiger partial charge in [-0.2, -0.15) is 0 Å². The Labute approximate surface area is 109 Å². The molecule has 0 aliphatic carbocycles. The third-order valence-electron chi connectivity index (χ3n) is 3.48. The van der Waals surface area contributed by atoms with E-state index in [1.807, 2.05) is 11.4 Å². The average molecular weight is 304 g/mol. The summed E-state index contributed by atoms with van der Waals surface area (Å²) in [7, 11) is 0. The first kappa shape index (κ1) is 12.6. The van der Waals surface area contributed by atoms with Crippen molar-refractivity contribution in [3.8, 4) is 0 Å². The van der Waals surface area contributed by atoms with E-state index in [1.54, 1.807) is 11.3 Å². The molecule has 1 aromatic heterocycles. The van der Waals surface area contributed by atoms with Gasteiger partial charge in [0, 0.05) is 14.9 Å². The van der Waals surface area contributed by atoms with Crippen LogP contribution in [-0.4, -0.2) is 28.6 Å². The largest absolute Gasteiger partial charge is 0.386 e. The van der Waals surface area contributed by atoms with E-state index in [0.29, 0.717) is 0 Å². The Bertz CT molecular complexity index is 358. The van der Waals surface area contributed by atoms with Crippen LogP contribution in [0.3, 0.4) is 0 Å². The maximum absolute atomic E-state index is 10.5. The van der Waals surface area contributed by atoms with Gasteiger partial charge in [0.2, 0.25) is 0 Å². The third kappa shape index (κ3) is 2.21. The van der Waals surface area contributed by atoms with Gasteiger partial charge in [0.15, 0.2) is 0 Å². The summed E-state index contributed by atoms with van der Waals surface area (Å²) in [5.41, 5.74) is -0.177. The summed E-state index contributed by atoms with van der Waals surface area (Å²) in [5, 5.41) is 12.5. The summed E-state index contributed by atoms with van der Waals surface area (Å²) in [6.45, 7) is 6.48. The molecule has 0 saturated carbocycles. The average Bonchev–Trinajstić information content (AvgIpc) is 2.86. The summed E-state index contributed by atoms with van der Waals surface area (Å²) in [6.07, 6.45) is 2.09. The molecular weight excluding hydrogens is 286 g/mol. The number of likely N-dealkylation sites (tertiary alicyclic amines) is 1. The fourth-order valence-electron chi connectivity index (χ4n) is 2.29. The molecule has 4 heteroatoms. The molecule has 0 radical (unpaired) electrons. The van der Waals surface area contributed by atoms with Gasteiger partial charge in [-0.15, -0.1) is 11.3 Å². The minimum Gasteiger partial charge on any atom is -0.386 e. The van der Waals surface area contributed by atoms with Crippen LogP contribution >= 0.6 is 27.3 Å². The van der Waals surface area contributed by atoms with E-state index in [-0.39, 0.29) is 5.54 Å². The van der Waals surface area contributed by atoms with Gasteiger partial charge >= 0.3 is 0 Å². The van der Waals surface area contributed by atoms with E-state index in [1.165, 1.54) is 12.8 Å². The number of nitrogens with zero attached hydrogens (tertiary/aromatic N) is 1. The van der Waals surface area contributed by atoms with Crippen LogP contribution in [-0.2, 0) is 0 Å². The first-order chi connectivity index (χ1) is 7.53. The number of thiophene rings is 1. The second-order valence-electron chi connectivity index (χ2n) is 4.88. The maximum atomic E-state index is 10.5. The zero-order chi connectivity index (χ0) is 11.8. The van der Waals surface area contributed by atoms with E-state index < -0.39 is 6.10 Å². The molecule has 1 aliphatic rings. The Hall–Kier alpha value is 0.1000. The van der Waals surface area contributed by atoms with Crippen LogP contribution in [0.25, 0.3) is 0 Å². The first-order valence-electron chi connectivity index (χ1n) is 5.69. The second kappa shape index (κ2) is 4.77. The van der Waals surface area contributed by atoms with Crippen LogP contribution in [0.2, 0.25) is 0 Å². The lowest BCUT2D eigenvalue weighted by atomic mass is 9.94. The number of halogens is 1. The lowest BCUT2D eigenvalue weighted by Crippen LogP contribution is -2.46. The Morgan fingerprint density at radius 2 is 2.06 bits per heavy atom. The topological polar surface area (TPSA) is 23.5 Å². The molecule has 2 rings (SSSR count). The third-order valence-corrected chi connectivity index (χ3v) is 5.41. The number of aliphatic hydroxyl groups is 1. The molecule has 16 heavy (non-hydrogen) atoms. The normalized spacial score (nSPS) is 20.2. The van der Waals surface area contributed by atoms with Gasteiger partial charge in [-0.1, -0.05) is 0 Å². The Balaban J connectivity index is 2.19. The Kier molecular flexibility index (Phi) is 3.74. The minimum absolute atomic E-state index is 0.177. The van der Waals surface area contributed by atoms with Crippen molar-refractivity contribution >= 4 is 27.3 Å². The zero-order valence-corrected chi connectivity index (χ0v) is 12.1. The minimum atomic E-state index is -0.417. The quantitative estimate of drug-likeness (QED) is 0.925. The number of rotatable bonds is 3. The van der Waals surface area contributed by atoms with Crippen LogP contribution in [0, 0.1) is 0 Å². The molecule has 1 aromatic rings. The summed E-state index contributed by atoms with van der Waals surface area (Å²) in [6, 6.07) is 2.00. The molecule has 0 spiro atoms. The van der Waals surface area contributed by atoms with Crippen molar-refractivity contribution in [2.24, 2.45) is 0 Å². The highest BCUT2D eigenvalue weighted by molar-refractivity contribution is 9.10. The van der Waals surface area contributed by atoms with Gasteiger partial charge in [0.25, 0.3) is 0 Å². The summed E-state index contributed by atoms with van der Waals surface area (Å²) in [4.78, 5) is 3.43. The number of aliphatic hydroxyl groups excluding tert-OH is 1. The molecule has 2 nitrogen and oxygen atoms in total. The maximum Gasteiger partial charge on any atom is 0.107 e. The van der Waals surface area contributed by atoms with Crippen LogP contribution in [0.1, 0.15) is 37.7 Å². The van der Waals surface area contributed by atoms with Crippen molar-refractivity contribution in [3.05, 3.63) is 20.8 Å². The fraction of sp³-hybridized carbons (Fsp3) is 0.667. The SMILES string of the molecule is CC(C)(C(O)c1sccc1Br)N1CCCC1. The van der Waals surface area contributed by atoms with Crippen LogP contribution in [0.4, 0.5) is 0 Å². The zero-order valence-electron chi connectivity index (χ0n) is 9.74. The van der Waals surface area contributed by atoms with E-state index in [9.17, 15) is 5.11 Å². The molecule has 90 valence electrons. The van der Waals surface area contributed by atoms with Gasteiger partial charge in [-0.3, -0.25) is 4.90 Å². The predicted octanol–water partition coefficient (Wildman–Crippen LogP) is 3.42. The monoisotopic (exact) mass is 303 g/mol. The molecule has 1 atom stereocenters. The Morgan fingerprint density at radius 1 is 1.44 bits per heavy atom. The van der Waals surface area contributed by atoms with Crippen LogP contribution in [0.15, 0.2) is 15.9 Å². The standard InChI is InChI=1S/C12H18BrNOS/c1-12(2,14-6-3-4-7-14)11(15)10-9(13)5-8-16-10/h5,8,11,15H,3-4,6-7H2,1-2H3. The van der Waals surface area contributed by atoms with E-state index in [0.717, 1.165) is 22.4 Å². The fourth-order valence-corrected chi connectivity index (χ4v) is 4.04. The molecule has 1 unspecified atom stereocenters. The summed E-state index contributed by atoms with van der Waals surface area (Å²) in [5.74, 6) is 0. The highest BCUT2D eigenvalue weighted by Gasteiger charge is 2.37. The highest BCUT2D eigenvalue weighted by Crippen LogP contribution is 2.39. The molecular formula is C12H18BrNOS. The number of hydrogen-bond donors (Lipinski definition) is 1.